The molecule has 9 heteroatoms. The van der Waals surface area contributed by atoms with E-state index >= 15 is 0 Å². The summed E-state index contributed by atoms with van der Waals surface area (Å²) < 4.78 is 40.9. The summed E-state index contributed by atoms with van der Waals surface area (Å²) in [5.41, 5.74) is -0.0894. The summed E-state index contributed by atoms with van der Waals surface area (Å²) in [4.78, 5) is 12.3. The Labute approximate surface area is 165 Å². The van der Waals surface area contributed by atoms with Crippen LogP contribution in [0, 0.1) is 5.82 Å². The minimum atomic E-state index is -3.71. The predicted molar refractivity (Wildman–Crippen MR) is 104 cm³/mol. The van der Waals surface area contributed by atoms with Crippen molar-refractivity contribution in [1.29, 1.82) is 0 Å². The van der Waals surface area contributed by atoms with Crippen molar-refractivity contribution in [1.82, 2.24) is 4.31 Å². The van der Waals surface area contributed by atoms with Gasteiger partial charge in [-0.2, -0.15) is 4.31 Å². The normalized spacial score (nSPS) is 11.6. The molecular formula is C17H17BrClFN2O3S. The summed E-state index contributed by atoms with van der Waals surface area (Å²) in [5.74, 6) is -1.44. The summed E-state index contributed by atoms with van der Waals surface area (Å²) in [6, 6.07) is 8.03. The average Bonchev–Trinajstić information content (AvgIpc) is 2.57. The largest absolute Gasteiger partial charge is 0.321 e. The quantitative estimate of drug-likeness (QED) is 0.685. The number of amides is 1. The van der Waals surface area contributed by atoms with Crippen LogP contribution in [0.25, 0.3) is 0 Å². The zero-order valence-electron chi connectivity index (χ0n) is 14.1. The van der Waals surface area contributed by atoms with Gasteiger partial charge in [0.05, 0.1) is 21.2 Å². The zero-order valence-corrected chi connectivity index (χ0v) is 17.3. The molecule has 140 valence electrons. The maximum Gasteiger partial charge on any atom is 0.258 e. The van der Waals surface area contributed by atoms with Gasteiger partial charge < -0.3 is 5.32 Å². The molecule has 2 aromatic carbocycles. The fourth-order valence-electron chi connectivity index (χ4n) is 2.34. The fraction of sp³-hybridized carbons (Fsp3) is 0.235. The Morgan fingerprint density at radius 1 is 1.19 bits per heavy atom. The van der Waals surface area contributed by atoms with E-state index in [0.29, 0.717) is 17.6 Å². The molecule has 2 aromatic rings. The van der Waals surface area contributed by atoms with Crippen molar-refractivity contribution in [2.45, 2.75) is 18.7 Å². The molecular weight excluding hydrogens is 447 g/mol. The number of carbonyl (C=O) groups is 1. The van der Waals surface area contributed by atoms with Gasteiger partial charge in [0.25, 0.3) is 5.91 Å². The topological polar surface area (TPSA) is 66.5 Å². The Kier molecular flexibility index (Phi) is 6.79. The van der Waals surface area contributed by atoms with Crippen molar-refractivity contribution in [3.8, 4) is 0 Å². The number of hydrogen-bond donors (Lipinski definition) is 1. The van der Waals surface area contributed by atoms with Crippen LogP contribution in [0.2, 0.25) is 5.02 Å². The fourth-order valence-corrected chi connectivity index (χ4v) is 4.32. The van der Waals surface area contributed by atoms with Crippen molar-refractivity contribution in [2.75, 3.05) is 18.4 Å². The van der Waals surface area contributed by atoms with Gasteiger partial charge in [-0.3, -0.25) is 4.79 Å². The molecule has 0 heterocycles. The van der Waals surface area contributed by atoms with Crippen LogP contribution in [-0.4, -0.2) is 31.7 Å². The Hall–Kier alpha value is -1.48. The lowest BCUT2D eigenvalue weighted by Crippen LogP contribution is -2.30. The molecule has 2 rings (SSSR count). The molecule has 0 radical (unpaired) electrons. The molecule has 0 aliphatic carbocycles. The van der Waals surface area contributed by atoms with Crippen molar-refractivity contribution < 1.29 is 17.6 Å². The maximum absolute atomic E-state index is 13.9. The summed E-state index contributed by atoms with van der Waals surface area (Å²) in [6.45, 7) is 4.09. The molecule has 0 saturated carbocycles. The van der Waals surface area contributed by atoms with Gasteiger partial charge in [-0.25, -0.2) is 12.8 Å². The van der Waals surface area contributed by atoms with Gasteiger partial charge in [-0.15, -0.1) is 0 Å². The van der Waals surface area contributed by atoms with Crippen LogP contribution >= 0.6 is 27.5 Å². The molecule has 0 saturated heterocycles. The number of rotatable bonds is 6. The van der Waals surface area contributed by atoms with E-state index in [0.717, 1.165) is 6.07 Å². The van der Waals surface area contributed by atoms with Gasteiger partial charge in [0, 0.05) is 17.6 Å². The number of hydrogen-bond acceptors (Lipinski definition) is 3. The lowest BCUT2D eigenvalue weighted by atomic mass is 10.2. The summed E-state index contributed by atoms with van der Waals surface area (Å²) in [5, 5.41) is 2.61. The number of benzene rings is 2. The zero-order chi connectivity index (χ0) is 19.5. The highest BCUT2D eigenvalue weighted by molar-refractivity contribution is 9.10. The molecule has 0 aliphatic rings. The number of carbonyl (C=O) groups excluding carboxylic acids is 1. The van der Waals surface area contributed by atoms with Gasteiger partial charge in [0.15, 0.2) is 0 Å². The Morgan fingerprint density at radius 3 is 2.42 bits per heavy atom. The van der Waals surface area contributed by atoms with Crippen molar-refractivity contribution in [2.24, 2.45) is 0 Å². The third-order valence-electron chi connectivity index (χ3n) is 3.70. The van der Waals surface area contributed by atoms with E-state index in [1.165, 1.54) is 34.6 Å². The molecule has 0 aromatic heterocycles. The predicted octanol–water partition coefficient (Wildman–Crippen LogP) is 4.52. The van der Waals surface area contributed by atoms with Gasteiger partial charge >= 0.3 is 0 Å². The average molecular weight is 464 g/mol. The van der Waals surface area contributed by atoms with E-state index in [1.54, 1.807) is 13.8 Å². The molecule has 0 atom stereocenters. The smallest absolute Gasteiger partial charge is 0.258 e. The first-order chi connectivity index (χ1) is 12.2. The minimum Gasteiger partial charge on any atom is -0.321 e. The van der Waals surface area contributed by atoms with E-state index in [4.69, 9.17) is 11.6 Å². The summed E-state index contributed by atoms with van der Waals surface area (Å²) >= 11 is 9.18. The molecule has 5 nitrogen and oxygen atoms in total. The lowest BCUT2D eigenvalue weighted by molar-refractivity contribution is 0.102. The third kappa shape index (κ3) is 4.43. The lowest BCUT2D eigenvalue weighted by Gasteiger charge is -2.19. The second-order valence-electron chi connectivity index (χ2n) is 5.31. The summed E-state index contributed by atoms with van der Waals surface area (Å²) in [6.07, 6.45) is 0. The Bertz CT molecular complexity index is 934. The second-order valence-corrected chi connectivity index (χ2v) is 8.57. The van der Waals surface area contributed by atoms with E-state index in [1.807, 2.05) is 0 Å². The van der Waals surface area contributed by atoms with Crippen LogP contribution in [0.5, 0.6) is 0 Å². The van der Waals surface area contributed by atoms with Crippen LogP contribution in [-0.2, 0) is 10.0 Å². The first-order valence-electron chi connectivity index (χ1n) is 7.76. The van der Waals surface area contributed by atoms with E-state index in [2.05, 4.69) is 21.2 Å². The van der Waals surface area contributed by atoms with Crippen LogP contribution < -0.4 is 5.32 Å². The highest BCUT2D eigenvalue weighted by Crippen LogP contribution is 2.28. The van der Waals surface area contributed by atoms with Gasteiger partial charge in [-0.05, 0) is 36.4 Å². The first-order valence-corrected chi connectivity index (χ1v) is 10.4. The number of anilines is 1. The highest BCUT2D eigenvalue weighted by Gasteiger charge is 2.23. The molecule has 0 bridgehead atoms. The molecule has 1 amide bonds. The third-order valence-corrected chi connectivity index (χ3v) is 6.57. The molecule has 0 spiro atoms. The molecule has 0 unspecified atom stereocenters. The van der Waals surface area contributed by atoms with Crippen LogP contribution in [0.15, 0.2) is 45.8 Å². The van der Waals surface area contributed by atoms with E-state index < -0.39 is 21.7 Å². The van der Waals surface area contributed by atoms with Gasteiger partial charge in [0.2, 0.25) is 10.0 Å². The number of sulfonamides is 1. The maximum atomic E-state index is 13.9. The van der Waals surface area contributed by atoms with Crippen molar-refractivity contribution >= 4 is 49.1 Å². The van der Waals surface area contributed by atoms with E-state index in [-0.39, 0.29) is 21.2 Å². The Morgan fingerprint density at radius 2 is 1.85 bits per heavy atom. The monoisotopic (exact) mass is 462 g/mol. The second kappa shape index (κ2) is 8.47. The number of nitrogens with zero attached hydrogens (tertiary/aromatic N) is 1. The number of halogens is 3. The SMILES string of the molecule is CCN(CC)S(=O)(=O)c1ccc(Cl)c(NC(=O)c2ccc(Br)cc2F)c1. The molecule has 1 N–H and O–H groups in total. The first kappa shape index (κ1) is 20.8. The van der Waals surface area contributed by atoms with Gasteiger partial charge in [-0.1, -0.05) is 41.4 Å². The minimum absolute atomic E-state index is 0.00261. The van der Waals surface area contributed by atoms with Crippen LogP contribution in [0.3, 0.4) is 0 Å². The van der Waals surface area contributed by atoms with Crippen LogP contribution in [0.1, 0.15) is 24.2 Å². The van der Waals surface area contributed by atoms with Crippen LogP contribution in [0.4, 0.5) is 10.1 Å². The van der Waals surface area contributed by atoms with Gasteiger partial charge in [0.1, 0.15) is 5.82 Å². The molecule has 0 fully saturated rings. The Balaban J connectivity index is 2.37. The van der Waals surface area contributed by atoms with Crippen molar-refractivity contribution in [3.05, 3.63) is 57.3 Å². The highest BCUT2D eigenvalue weighted by atomic mass is 79.9. The number of nitrogens with one attached hydrogen (secondary N) is 1. The van der Waals surface area contributed by atoms with E-state index in [9.17, 15) is 17.6 Å². The standard InChI is InChI=1S/C17H17BrClFN2O3S/c1-3-22(4-2)26(24,25)12-6-8-14(19)16(10-12)21-17(23)13-7-5-11(18)9-15(13)20/h5-10H,3-4H2,1-2H3,(H,21,23). The van der Waals surface area contributed by atoms with Crippen molar-refractivity contribution in [3.63, 3.8) is 0 Å². The summed E-state index contributed by atoms with van der Waals surface area (Å²) in [7, 11) is -3.71. The molecule has 26 heavy (non-hydrogen) atoms. The molecule has 0 aliphatic heterocycles.